The van der Waals surface area contributed by atoms with E-state index in [1.54, 1.807) is 23.9 Å². The Labute approximate surface area is 157 Å². The van der Waals surface area contributed by atoms with E-state index in [4.69, 9.17) is 0 Å². The second kappa shape index (κ2) is 6.68. The first kappa shape index (κ1) is 17.0. The van der Waals surface area contributed by atoms with Gasteiger partial charge in [0.2, 0.25) is 0 Å². The van der Waals surface area contributed by atoms with Crippen LogP contribution in [0, 0.1) is 13.8 Å². The summed E-state index contributed by atoms with van der Waals surface area (Å²) in [4.78, 5) is 20.7. The van der Waals surface area contributed by atoms with Crippen molar-refractivity contribution in [1.29, 1.82) is 0 Å². The summed E-state index contributed by atoms with van der Waals surface area (Å²) in [5.41, 5.74) is 3.57. The van der Waals surface area contributed by atoms with E-state index < -0.39 is 5.97 Å². The molecule has 1 N–H and O–H groups in total. The standard InChI is InChI=1S/C22H19N3O2/c1-14-10-18(12-23-11-14)21-24-15(2)20(22(26)27)25(21)13-17-8-5-7-16-6-3-4-9-19(16)17/h3-12H,13H2,1-2H3,(H,26,27). The van der Waals surface area contributed by atoms with Crippen LogP contribution in [0.1, 0.15) is 27.3 Å². The smallest absolute Gasteiger partial charge is 0.354 e. The summed E-state index contributed by atoms with van der Waals surface area (Å²) in [5, 5.41) is 12.0. The van der Waals surface area contributed by atoms with Gasteiger partial charge < -0.3 is 9.67 Å². The minimum atomic E-state index is -0.980. The first-order chi connectivity index (χ1) is 13.0. The number of imidazole rings is 1. The van der Waals surface area contributed by atoms with E-state index in [-0.39, 0.29) is 5.69 Å². The Morgan fingerprint density at radius 3 is 2.63 bits per heavy atom. The molecule has 4 aromatic rings. The fourth-order valence-corrected chi connectivity index (χ4v) is 3.50. The highest BCUT2D eigenvalue weighted by Gasteiger charge is 2.22. The third-order valence-electron chi connectivity index (χ3n) is 4.69. The number of carboxylic acids is 1. The van der Waals surface area contributed by atoms with Crippen LogP contribution < -0.4 is 0 Å². The van der Waals surface area contributed by atoms with Crippen molar-refractivity contribution >= 4 is 16.7 Å². The molecule has 0 unspecified atom stereocenters. The van der Waals surface area contributed by atoms with E-state index >= 15 is 0 Å². The van der Waals surface area contributed by atoms with Crippen molar-refractivity contribution < 1.29 is 9.90 Å². The molecule has 0 spiro atoms. The van der Waals surface area contributed by atoms with Gasteiger partial charge in [0.05, 0.1) is 12.2 Å². The lowest BCUT2D eigenvalue weighted by Gasteiger charge is -2.13. The largest absolute Gasteiger partial charge is 0.477 e. The van der Waals surface area contributed by atoms with Crippen molar-refractivity contribution in [1.82, 2.24) is 14.5 Å². The zero-order chi connectivity index (χ0) is 19.0. The van der Waals surface area contributed by atoms with Gasteiger partial charge in [0.25, 0.3) is 0 Å². The van der Waals surface area contributed by atoms with Gasteiger partial charge in [-0.25, -0.2) is 9.78 Å². The lowest BCUT2D eigenvalue weighted by molar-refractivity contribution is 0.0685. The SMILES string of the molecule is Cc1cncc(-c2nc(C)c(C(=O)O)n2Cc2cccc3ccccc23)c1. The van der Waals surface area contributed by atoms with Crippen LogP contribution >= 0.6 is 0 Å². The first-order valence-corrected chi connectivity index (χ1v) is 8.73. The quantitative estimate of drug-likeness (QED) is 0.585. The van der Waals surface area contributed by atoms with Crippen LogP contribution in [0.4, 0.5) is 0 Å². The molecule has 0 aliphatic carbocycles. The highest BCUT2D eigenvalue weighted by molar-refractivity contribution is 5.89. The number of aromatic nitrogens is 3. The van der Waals surface area contributed by atoms with E-state index in [1.807, 2.05) is 37.3 Å². The summed E-state index contributed by atoms with van der Waals surface area (Å²) in [6.07, 6.45) is 3.49. The number of carboxylic acid groups (broad SMARTS) is 1. The maximum atomic E-state index is 11.9. The molecule has 134 valence electrons. The molecule has 0 aliphatic rings. The van der Waals surface area contributed by atoms with Gasteiger partial charge in [-0.2, -0.15) is 0 Å². The Kier molecular flexibility index (Phi) is 4.20. The Morgan fingerprint density at radius 2 is 1.85 bits per heavy atom. The van der Waals surface area contributed by atoms with E-state index in [9.17, 15) is 9.90 Å². The van der Waals surface area contributed by atoms with E-state index in [2.05, 4.69) is 28.2 Å². The molecule has 2 heterocycles. The zero-order valence-electron chi connectivity index (χ0n) is 15.2. The summed E-state index contributed by atoms with van der Waals surface area (Å²) in [6.45, 7) is 4.11. The van der Waals surface area contributed by atoms with Crippen molar-refractivity contribution in [3.05, 3.63) is 83.4 Å². The highest BCUT2D eigenvalue weighted by Crippen LogP contribution is 2.26. The molecular weight excluding hydrogens is 338 g/mol. The summed E-state index contributed by atoms with van der Waals surface area (Å²) >= 11 is 0. The van der Waals surface area contributed by atoms with Gasteiger partial charge in [-0.3, -0.25) is 4.98 Å². The molecule has 0 amide bonds. The van der Waals surface area contributed by atoms with Gasteiger partial charge in [0, 0.05) is 18.0 Å². The number of aryl methyl sites for hydroxylation is 2. The molecular formula is C22H19N3O2. The number of fused-ring (bicyclic) bond motifs is 1. The van der Waals surface area contributed by atoms with Gasteiger partial charge in [0.1, 0.15) is 5.82 Å². The Balaban J connectivity index is 1.92. The molecule has 0 saturated heterocycles. The lowest BCUT2D eigenvalue weighted by atomic mass is 10.0. The predicted octanol–water partition coefficient (Wildman–Crippen LogP) is 4.46. The number of hydrogen-bond donors (Lipinski definition) is 1. The second-order valence-electron chi connectivity index (χ2n) is 6.65. The summed E-state index contributed by atoms with van der Waals surface area (Å²) < 4.78 is 1.77. The molecule has 0 saturated carbocycles. The van der Waals surface area contributed by atoms with Gasteiger partial charge in [-0.1, -0.05) is 42.5 Å². The van der Waals surface area contributed by atoms with E-state index in [0.29, 0.717) is 18.1 Å². The molecule has 4 rings (SSSR count). The fourth-order valence-electron chi connectivity index (χ4n) is 3.50. The number of benzene rings is 2. The van der Waals surface area contributed by atoms with Crippen LogP contribution in [0.5, 0.6) is 0 Å². The molecule has 5 nitrogen and oxygen atoms in total. The van der Waals surface area contributed by atoms with E-state index in [0.717, 1.165) is 27.5 Å². The van der Waals surface area contributed by atoms with Crippen molar-refractivity contribution in [2.45, 2.75) is 20.4 Å². The Bertz CT molecular complexity index is 1160. The van der Waals surface area contributed by atoms with Crippen molar-refractivity contribution in [3.63, 3.8) is 0 Å². The molecule has 0 bridgehead atoms. The number of rotatable bonds is 4. The molecule has 2 aromatic carbocycles. The second-order valence-corrected chi connectivity index (χ2v) is 6.65. The van der Waals surface area contributed by atoms with Crippen LogP contribution in [0.3, 0.4) is 0 Å². The summed E-state index contributed by atoms with van der Waals surface area (Å²) in [5.74, 6) is -0.360. The maximum absolute atomic E-state index is 11.9. The van der Waals surface area contributed by atoms with E-state index in [1.165, 1.54) is 0 Å². The zero-order valence-corrected chi connectivity index (χ0v) is 15.2. The van der Waals surface area contributed by atoms with Crippen LogP contribution in [-0.4, -0.2) is 25.6 Å². The number of carbonyl (C=O) groups is 1. The monoisotopic (exact) mass is 357 g/mol. The lowest BCUT2D eigenvalue weighted by Crippen LogP contribution is -2.12. The number of pyridine rings is 1. The van der Waals surface area contributed by atoms with Crippen LogP contribution in [0.25, 0.3) is 22.2 Å². The number of nitrogens with zero attached hydrogens (tertiary/aromatic N) is 3. The van der Waals surface area contributed by atoms with Crippen LogP contribution in [-0.2, 0) is 6.54 Å². The average Bonchev–Trinajstić information content (AvgIpc) is 2.98. The van der Waals surface area contributed by atoms with Crippen LogP contribution in [0.15, 0.2) is 60.9 Å². The van der Waals surface area contributed by atoms with Gasteiger partial charge in [-0.15, -0.1) is 0 Å². The topological polar surface area (TPSA) is 68.0 Å². The molecule has 27 heavy (non-hydrogen) atoms. The third kappa shape index (κ3) is 3.08. The Morgan fingerprint density at radius 1 is 1.07 bits per heavy atom. The van der Waals surface area contributed by atoms with Crippen molar-refractivity contribution in [3.8, 4) is 11.4 Å². The molecule has 0 atom stereocenters. The van der Waals surface area contributed by atoms with Crippen LogP contribution in [0.2, 0.25) is 0 Å². The molecule has 5 heteroatoms. The van der Waals surface area contributed by atoms with Gasteiger partial charge >= 0.3 is 5.97 Å². The minimum Gasteiger partial charge on any atom is -0.477 e. The molecule has 0 aliphatic heterocycles. The maximum Gasteiger partial charge on any atom is 0.354 e. The molecule has 0 fully saturated rings. The molecule has 2 aromatic heterocycles. The minimum absolute atomic E-state index is 0.208. The third-order valence-corrected chi connectivity index (χ3v) is 4.69. The van der Waals surface area contributed by atoms with Gasteiger partial charge in [0.15, 0.2) is 5.69 Å². The van der Waals surface area contributed by atoms with Crippen molar-refractivity contribution in [2.75, 3.05) is 0 Å². The summed E-state index contributed by atoms with van der Waals surface area (Å²) in [6, 6.07) is 16.2. The molecule has 0 radical (unpaired) electrons. The summed E-state index contributed by atoms with van der Waals surface area (Å²) in [7, 11) is 0. The fraction of sp³-hybridized carbons (Fsp3) is 0.136. The normalized spacial score (nSPS) is 11.0. The number of aromatic carboxylic acids is 1. The number of hydrogen-bond acceptors (Lipinski definition) is 3. The first-order valence-electron chi connectivity index (χ1n) is 8.73. The predicted molar refractivity (Wildman–Crippen MR) is 105 cm³/mol. The van der Waals surface area contributed by atoms with Crippen molar-refractivity contribution in [2.24, 2.45) is 0 Å². The van der Waals surface area contributed by atoms with Gasteiger partial charge in [-0.05, 0) is 41.8 Å². The highest BCUT2D eigenvalue weighted by atomic mass is 16.4. The Hall–Kier alpha value is -3.47. The average molecular weight is 357 g/mol.